The Kier molecular flexibility index (Phi) is 4.68. The maximum Gasteiger partial charge on any atom is 0.290 e. The fraction of sp³-hybridized carbons (Fsp3) is 0.500. The summed E-state index contributed by atoms with van der Waals surface area (Å²) in [6.45, 7) is 2.16. The van der Waals surface area contributed by atoms with Gasteiger partial charge in [-0.3, -0.25) is 25.2 Å². The Morgan fingerprint density at radius 2 is 1.93 bits per heavy atom. The number of aryl methyl sites for hydroxylation is 1. The van der Waals surface area contributed by atoms with E-state index in [4.69, 9.17) is 0 Å². The minimum atomic E-state index is -0.519. The topological polar surface area (TPSA) is 93.1 Å². The van der Waals surface area contributed by atoms with Gasteiger partial charge in [-0.25, -0.2) is 4.68 Å². The van der Waals surface area contributed by atoms with Crippen molar-refractivity contribution in [2.24, 2.45) is 17.8 Å². The van der Waals surface area contributed by atoms with Gasteiger partial charge in [0.2, 0.25) is 5.91 Å². The Bertz CT molecular complexity index is 952. The number of nitrogens with zero attached hydrogens (tertiary/aromatic N) is 2. The lowest BCUT2D eigenvalue weighted by atomic mass is 9.86. The van der Waals surface area contributed by atoms with Crippen LogP contribution in [0, 0.1) is 17.8 Å². The molecule has 27 heavy (non-hydrogen) atoms. The molecule has 2 aliphatic carbocycles. The van der Waals surface area contributed by atoms with Gasteiger partial charge >= 0.3 is 0 Å². The van der Waals surface area contributed by atoms with Gasteiger partial charge in [0.25, 0.3) is 11.5 Å². The second kappa shape index (κ2) is 7.13. The van der Waals surface area contributed by atoms with Crippen LogP contribution in [0.15, 0.2) is 29.1 Å². The number of hydrazine groups is 1. The quantitative estimate of drug-likeness (QED) is 0.808. The van der Waals surface area contributed by atoms with Gasteiger partial charge in [-0.2, -0.15) is 5.10 Å². The molecule has 142 valence electrons. The first-order valence-corrected chi connectivity index (χ1v) is 9.65. The summed E-state index contributed by atoms with van der Waals surface area (Å²) in [4.78, 5) is 37.2. The number of carbonyl (C=O) groups excluding carboxylic acids is 2. The standard InChI is InChI=1S/C20H24N4O3/c1-2-24-20(27)16-6-4-3-5-15(16)18(23-24)19(26)22-21-17(25)11-14-10-12-7-8-13(14)9-12/h3-6,12-14H,2,7-11H2,1H3,(H,21,25)(H,22,26)/t12-,13-,14+/m1/s1. The maximum atomic E-state index is 12.6. The van der Waals surface area contributed by atoms with Crippen LogP contribution in [0.5, 0.6) is 0 Å². The van der Waals surface area contributed by atoms with Gasteiger partial charge in [-0.15, -0.1) is 0 Å². The molecule has 0 spiro atoms. The van der Waals surface area contributed by atoms with Crippen LogP contribution in [0.25, 0.3) is 10.8 Å². The zero-order valence-corrected chi connectivity index (χ0v) is 15.4. The van der Waals surface area contributed by atoms with E-state index >= 15 is 0 Å². The number of nitrogens with one attached hydrogen (secondary N) is 2. The second-order valence-electron chi connectivity index (χ2n) is 7.66. The van der Waals surface area contributed by atoms with E-state index in [1.807, 2.05) is 0 Å². The molecule has 2 bridgehead atoms. The average molecular weight is 368 g/mol. The summed E-state index contributed by atoms with van der Waals surface area (Å²) in [5.41, 5.74) is 4.88. The van der Waals surface area contributed by atoms with Crippen molar-refractivity contribution >= 4 is 22.6 Å². The van der Waals surface area contributed by atoms with E-state index in [-0.39, 0.29) is 17.2 Å². The molecular weight excluding hydrogens is 344 g/mol. The van der Waals surface area contributed by atoms with Crippen molar-refractivity contribution in [2.45, 2.75) is 45.6 Å². The van der Waals surface area contributed by atoms with Gasteiger partial charge in [0.05, 0.1) is 5.39 Å². The van der Waals surface area contributed by atoms with Crippen LogP contribution >= 0.6 is 0 Å². The van der Waals surface area contributed by atoms with Crippen LogP contribution in [0.4, 0.5) is 0 Å². The minimum absolute atomic E-state index is 0.132. The van der Waals surface area contributed by atoms with E-state index < -0.39 is 5.91 Å². The number of aromatic nitrogens is 2. The molecule has 0 saturated heterocycles. The third-order valence-electron chi connectivity index (χ3n) is 6.03. The van der Waals surface area contributed by atoms with Crippen molar-refractivity contribution in [3.63, 3.8) is 0 Å². The van der Waals surface area contributed by atoms with Gasteiger partial charge < -0.3 is 0 Å². The highest BCUT2D eigenvalue weighted by Gasteiger charge is 2.40. The molecule has 1 aromatic carbocycles. The summed E-state index contributed by atoms with van der Waals surface area (Å²) >= 11 is 0. The fourth-order valence-electron chi connectivity index (χ4n) is 4.72. The first-order valence-electron chi connectivity index (χ1n) is 9.65. The third kappa shape index (κ3) is 3.34. The van der Waals surface area contributed by atoms with Gasteiger partial charge in [-0.1, -0.05) is 24.6 Å². The van der Waals surface area contributed by atoms with Crippen molar-refractivity contribution in [3.8, 4) is 0 Å². The molecule has 1 aromatic heterocycles. The summed E-state index contributed by atoms with van der Waals surface area (Å²) in [7, 11) is 0. The van der Waals surface area contributed by atoms with Crippen LogP contribution in [0.3, 0.4) is 0 Å². The Morgan fingerprint density at radius 3 is 2.59 bits per heavy atom. The monoisotopic (exact) mass is 368 g/mol. The largest absolute Gasteiger partial charge is 0.290 e. The Labute approximate surface area is 157 Å². The van der Waals surface area contributed by atoms with E-state index in [0.717, 1.165) is 12.3 Å². The lowest BCUT2D eigenvalue weighted by molar-refractivity contribution is -0.123. The van der Waals surface area contributed by atoms with Crippen LogP contribution in [0.1, 0.15) is 49.5 Å². The molecule has 1 heterocycles. The molecule has 2 amide bonds. The summed E-state index contributed by atoms with van der Waals surface area (Å²) < 4.78 is 1.26. The van der Waals surface area contributed by atoms with Crippen LogP contribution in [-0.4, -0.2) is 21.6 Å². The Hall–Kier alpha value is -2.70. The van der Waals surface area contributed by atoms with Gasteiger partial charge in [-0.05, 0) is 50.0 Å². The predicted molar refractivity (Wildman–Crippen MR) is 101 cm³/mol. The maximum absolute atomic E-state index is 12.6. The molecule has 2 N–H and O–H groups in total. The second-order valence-corrected chi connectivity index (χ2v) is 7.66. The molecule has 2 aromatic rings. The predicted octanol–water partition coefficient (Wildman–Crippen LogP) is 2.00. The SMILES string of the molecule is CCn1nc(C(=O)NNC(=O)C[C@@H]2C[C@@H]3CC[C@@H]2C3)c2ccccc2c1=O. The highest BCUT2D eigenvalue weighted by Crippen LogP contribution is 2.49. The summed E-state index contributed by atoms with van der Waals surface area (Å²) in [5, 5.41) is 5.09. The minimum Gasteiger partial charge on any atom is -0.273 e. The lowest BCUT2D eigenvalue weighted by Gasteiger charge is -2.21. The number of amides is 2. The summed E-state index contributed by atoms with van der Waals surface area (Å²) in [5.74, 6) is 1.19. The summed E-state index contributed by atoms with van der Waals surface area (Å²) in [6.07, 6.45) is 5.34. The first-order chi connectivity index (χ1) is 13.1. The van der Waals surface area contributed by atoms with E-state index in [1.54, 1.807) is 31.2 Å². The van der Waals surface area contributed by atoms with Crippen molar-refractivity contribution in [2.75, 3.05) is 0 Å². The molecule has 0 unspecified atom stereocenters. The smallest absolute Gasteiger partial charge is 0.273 e. The number of rotatable bonds is 4. The summed E-state index contributed by atoms with van der Waals surface area (Å²) in [6, 6.07) is 6.87. The van der Waals surface area contributed by atoms with Gasteiger partial charge in [0.15, 0.2) is 5.69 Å². The highest BCUT2D eigenvalue weighted by atomic mass is 16.2. The molecule has 7 nitrogen and oxygen atoms in total. The number of carbonyl (C=O) groups is 2. The third-order valence-corrected chi connectivity index (χ3v) is 6.03. The molecule has 7 heteroatoms. The van der Waals surface area contributed by atoms with E-state index in [9.17, 15) is 14.4 Å². The van der Waals surface area contributed by atoms with Gasteiger partial charge in [0.1, 0.15) is 0 Å². The van der Waals surface area contributed by atoms with Crippen molar-refractivity contribution in [1.29, 1.82) is 0 Å². The molecular formula is C20H24N4O3. The van der Waals surface area contributed by atoms with Crippen LogP contribution < -0.4 is 16.4 Å². The Morgan fingerprint density at radius 1 is 1.15 bits per heavy atom. The molecule has 2 saturated carbocycles. The molecule has 2 aliphatic rings. The molecule has 4 rings (SSSR count). The molecule has 0 aliphatic heterocycles. The van der Waals surface area contributed by atoms with Crippen molar-refractivity contribution in [3.05, 3.63) is 40.3 Å². The molecule has 3 atom stereocenters. The van der Waals surface area contributed by atoms with Crippen LogP contribution in [0.2, 0.25) is 0 Å². The zero-order valence-electron chi connectivity index (χ0n) is 15.4. The lowest BCUT2D eigenvalue weighted by Crippen LogP contribution is -2.43. The number of benzene rings is 1. The van der Waals surface area contributed by atoms with E-state index in [2.05, 4.69) is 16.0 Å². The fourth-order valence-corrected chi connectivity index (χ4v) is 4.72. The van der Waals surface area contributed by atoms with Gasteiger partial charge in [0, 0.05) is 18.4 Å². The molecule has 2 fully saturated rings. The highest BCUT2D eigenvalue weighted by molar-refractivity contribution is 6.05. The van der Waals surface area contributed by atoms with Crippen molar-refractivity contribution < 1.29 is 9.59 Å². The Balaban J connectivity index is 1.46. The number of hydrogen-bond donors (Lipinski definition) is 2. The first kappa shape index (κ1) is 17.7. The average Bonchev–Trinajstić information content (AvgIpc) is 3.30. The normalized spacial score (nSPS) is 23.5. The van der Waals surface area contributed by atoms with E-state index in [1.165, 1.54) is 23.9 Å². The number of hydrogen-bond acceptors (Lipinski definition) is 4. The molecule has 0 radical (unpaired) electrons. The zero-order chi connectivity index (χ0) is 19.0. The van der Waals surface area contributed by atoms with Crippen LogP contribution in [-0.2, 0) is 11.3 Å². The van der Waals surface area contributed by atoms with Crippen molar-refractivity contribution in [1.82, 2.24) is 20.6 Å². The number of fused-ring (bicyclic) bond motifs is 3. The van der Waals surface area contributed by atoms with E-state index in [0.29, 0.717) is 35.6 Å².